The van der Waals surface area contributed by atoms with Gasteiger partial charge < -0.3 is 15.0 Å². The number of nitrogens with zero attached hydrogens (tertiary/aromatic N) is 1. The summed E-state index contributed by atoms with van der Waals surface area (Å²) in [6, 6.07) is 1.08. The summed E-state index contributed by atoms with van der Waals surface area (Å²) >= 11 is 0. The Kier molecular flexibility index (Phi) is 6.32. The highest BCUT2D eigenvalue weighted by Gasteiger charge is 2.22. The first-order valence-electron chi connectivity index (χ1n) is 6.65. The molecule has 3 heteroatoms. The van der Waals surface area contributed by atoms with Crippen LogP contribution >= 0.6 is 0 Å². The molecule has 2 atom stereocenters. The Bertz CT molecular complexity index is 179. The van der Waals surface area contributed by atoms with Gasteiger partial charge in [0.25, 0.3) is 0 Å². The van der Waals surface area contributed by atoms with Crippen molar-refractivity contribution in [1.82, 2.24) is 10.2 Å². The van der Waals surface area contributed by atoms with E-state index in [4.69, 9.17) is 4.74 Å². The molecule has 1 rings (SSSR count). The summed E-state index contributed by atoms with van der Waals surface area (Å²) < 4.78 is 5.43. The summed E-state index contributed by atoms with van der Waals surface area (Å²) in [5, 5.41) is 3.66. The molecule has 1 heterocycles. The van der Waals surface area contributed by atoms with Crippen LogP contribution in [0.2, 0.25) is 0 Å². The van der Waals surface area contributed by atoms with Gasteiger partial charge in [0.2, 0.25) is 0 Å². The molecule has 1 fully saturated rings. The van der Waals surface area contributed by atoms with Crippen LogP contribution in [0.5, 0.6) is 0 Å². The second-order valence-electron chi connectivity index (χ2n) is 5.16. The predicted molar refractivity (Wildman–Crippen MR) is 68.8 cm³/mol. The Hall–Kier alpha value is -0.120. The van der Waals surface area contributed by atoms with Crippen molar-refractivity contribution in [3.63, 3.8) is 0 Å². The van der Waals surface area contributed by atoms with Crippen LogP contribution in [-0.2, 0) is 4.74 Å². The Labute approximate surface area is 101 Å². The lowest BCUT2D eigenvalue weighted by Crippen LogP contribution is -2.45. The maximum absolute atomic E-state index is 5.43. The summed E-state index contributed by atoms with van der Waals surface area (Å²) in [6.07, 6.45) is 2.65. The minimum Gasteiger partial charge on any atom is -0.380 e. The Morgan fingerprint density at radius 1 is 1.31 bits per heavy atom. The number of likely N-dealkylation sites (tertiary alicyclic amines) is 1. The van der Waals surface area contributed by atoms with Gasteiger partial charge in [0.05, 0.1) is 6.61 Å². The summed E-state index contributed by atoms with van der Waals surface area (Å²) in [7, 11) is 2.21. The number of rotatable bonds is 6. The van der Waals surface area contributed by atoms with Gasteiger partial charge in [-0.1, -0.05) is 0 Å². The number of piperidine rings is 1. The van der Waals surface area contributed by atoms with E-state index in [2.05, 4.69) is 31.1 Å². The fourth-order valence-corrected chi connectivity index (χ4v) is 2.46. The summed E-state index contributed by atoms with van der Waals surface area (Å²) in [5.41, 5.74) is 0. The van der Waals surface area contributed by atoms with Crippen molar-refractivity contribution in [2.24, 2.45) is 5.92 Å². The fourth-order valence-electron chi connectivity index (χ4n) is 2.46. The van der Waals surface area contributed by atoms with Crippen LogP contribution in [0.25, 0.3) is 0 Å². The fraction of sp³-hybridized carbons (Fsp3) is 1.00. The second kappa shape index (κ2) is 7.25. The van der Waals surface area contributed by atoms with Crippen molar-refractivity contribution >= 4 is 0 Å². The first-order valence-corrected chi connectivity index (χ1v) is 6.65. The maximum Gasteiger partial charge on any atom is 0.0616 e. The molecule has 0 spiro atoms. The monoisotopic (exact) mass is 228 g/mol. The van der Waals surface area contributed by atoms with Crippen molar-refractivity contribution in [1.29, 1.82) is 0 Å². The summed E-state index contributed by atoms with van der Waals surface area (Å²) in [5.74, 6) is 0.834. The molecule has 3 nitrogen and oxygen atoms in total. The highest BCUT2D eigenvalue weighted by molar-refractivity contribution is 4.80. The predicted octanol–water partition coefficient (Wildman–Crippen LogP) is 1.73. The zero-order valence-corrected chi connectivity index (χ0v) is 11.3. The zero-order valence-electron chi connectivity index (χ0n) is 11.3. The lowest BCUT2D eigenvalue weighted by molar-refractivity contribution is 0.114. The van der Waals surface area contributed by atoms with Crippen molar-refractivity contribution in [2.45, 2.75) is 45.7 Å². The number of hydrogen-bond acceptors (Lipinski definition) is 3. The van der Waals surface area contributed by atoms with E-state index in [1.165, 1.54) is 25.9 Å². The van der Waals surface area contributed by atoms with Gasteiger partial charge in [-0.3, -0.25) is 0 Å². The van der Waals surface area contributed by atoms with Crippen LogP contribution in [0.1, 0.15) is 33.6 Å². The van der Waals surface area contributed by atoms with E-state index in [1.807, 2.05) is 6.92 Å². The molecule has 16 heavy (non-hydrogen) atoms. The molecule has 0 aromatic heterocycles. The highest BCUT2D eigenvalue weighted by atomic mass is 16.5. The Balaban J connectivity index is 2.20. The minimum absolute atomic E-state index is 0.467. The van der Waals surface area contributed by atoms with Crippen molar-refractivity contribution in [3.8, 4) is 0 Å². The van der Waals surface area contributed by atoms with E-state index in [-0.39, 0.29) is 0 Å². The molecule has 0 radical (unpaired) electrons. The Morgan fingerprint density at radius 3 is 2.50 bits per heavy atom. The molecular formula is C13H28N2O. The van der Waals surface area contributed by atoms with Crippen molar-refractivity contribution in [2.75, 3.05) is 33.4 Å². The molecule has 0 bridgehead atoms. The van der Waals surface area contributed by atoms with Crippen molar-refractivity contribution in [3.05, 3.63) is 0 Å². The second-order valence-corrected chi connectivity index (χ2v) is 5.16. The number of hydrogen-bond donors (Lipinski definition) is 1. The molecular weight excluding hydrogens is 200 g/mol. The summed E-state index contributed by atoms with van der Waals surface area (Å²) in [4.78, 5) is 2.42. The molecule has 1 N–H and O–H groups in total. The molecule has 0 aliphatic carbocycles. The number of nitrogens with one attached hydrogen (secondary N) is 1. The number of ether oxygens (including phenoxy) is 1. The SMILES string of the molecule is CCOCC(C)NC(C)C1CCN(C)CC1. The van der Waals surface area contributed by atoms with E-state index in [0.29, 0.717) is 12.1 Å². The van der Waals surface area contributed by atoms with Gasteiger partial charge in [0.15, 0.2) is 0 Å². The molecule has 2 unspecified atom stereocenters. The van der Waals surface area contributed by atoms with Crippen LogP contribution in [0.4, 0.5) is 0 Å². The molecule has 1 aliphatic rings. The van der Waals surface area contributed by atoms with Crippen LogP contribution in [0.15, 0.2) is 0 Å². The van der Waals surface area contributed by atoms with Gasteiger partial charge in [0.1, 0.15) is 0 Å². The van der Waals surface area contributed by atoms with Gasteiger partial charge >= 0.3 is 0 Å². The van der Waals surface area contributed by atoms with E-state index in [1.54, 1.807) is 0 Å². The van der Waals surface area contributed by atoms with Gasteiger partial charge in [-0.15, -0.1) is 0 Å². The van der Waals surface area contributed by atoms with E-state index >= 15 is 0 Å². The van der Waals surface area contributed by atoms with Gasteiger partial charge in [-0.05, 0) is 59.7 Å². The smallest absolute Gasteiger partial charge is 0.0616 e. The standard InChI is InChI=1S/C13H28N2O/c1-5-16-10-11(2)14-12(3)13-6-8-15(4)9-7-13/h11-14H,5-10H2,1-4H3. The molecule has 1 aliphatic heterocycles. The normalized spacial score (nSPS) is 23.2. The average Bonchev–Trinajstić information content (AvgIpc) is 2.27. The van der Waals surface area contributed by atoms with Crippen LogP contribution < -0.4 is 5.32 Å². The lowest BCUT2D eigenvalue weighted by atomic mass is 9.90. The minimum atomic E-state index is 0.467. The lowest BCUT2D eigenvalue weighted by Gasteiger charge is -2.34. The molecule has 96 valence electrons. The molecule has 0 amide bonds. The van der Waals surface area contributed by atoms with Gasteiger partial charge in [-0.25, -0.2) is 0 Å². The van der Waals surface area contributed by atoms with E-state index < -0.39 is 0 Å². The Morgan fingerprint density at radius 2 is 1.94 bits per heavy atom. The first kappa shape index (κ1) is 13.9. The third-order valence-corrected chi connectivity index (χ3v) is 3.59. The third kappa shape index (κ3) is 4.81. The largest absolute Gasteiger partial charge is 0.380 e. The molecule has 0 saturated carbocycles. The molecule has 0 aromatic rings. The quantitative estimate of drug-likeness (QED) is 0.749. The van der Waals surface area contributed by atoms with E-state index in [9.17, 15) is 0 Å². The highest BCUT2D eigenvalue weighted by Crippen LogP contribution is 2.19. The average molecular weight is 228 g/mol. The molecule has 0 aromatic carbocycles. The molecule has 1 saturated heterocycles. The van der Waals surface area contributed by atoms with Crippen molar-refractivity contribution < 1.29 is 4.74 Å². The maximum atomic E-state index is 5.43. The summed E-state index contributed by atoms with van der Waals surface area (Å²) in [6.45, 7) is 10.7. The zero-order chi connectivity index (χ0) is 12.0. The van der Waals surface area contributed by atoms with Gasteiger partial charge in [0, 0.05) is 18.7 Å². The van der Waals surface area contributed by atoms with Crippen LogP contribution in [0, 0.1) is 5.92 Å². The van der Waals surface area contributed by atoms with Crippen LogP contribution in [0.3, 0.4) is 0 Å². The topological polar surface area (TPSA) is 24.5 Å². The first-order chi connectivity index (χ1) is 7.63. The van der Waals surface area contributed by atoms with Crippen LogP contribution in [-0.4, -0.2) is 50.3 Å². The van der Waals surface area contributed by atoms with Gasteiger partial charge in [-0.2, -0.15) is 0 Å². The third-order valence-electron chi connectivity index (χ3n) is 3.59. The van der Waals surface area contributed by atoms with E-state index in [0.717, 1.165) is 19.1 Å².